The zero-order valence-corrected chi connectivity index (χ0v) is 14.6. The van der Waals surface area contributed by atoms with E-state index in [2.05, 4.69) is 31.9 Å². The Kier molecular flexibility index (Phi) is 4.30. The van der Waals surface area contributed by atoms with Gasteiger partial charge in [0.15, 0.2) is 0 Å². The number of hydrogen-bond donors (Lipinski definition) is 3. The molecule has 0 aromatic heterocycles. The van der Waals surface area contributed by atoms with Crippen molar-refractivity contribution in [2.45, 2.75) is 12.5 Å². The zero-order valence-electron chi connectivity index (χ0n) is 13.0. The van der Waals surface area contributed by atoms with E-state index >= 15 is 0 Å². The maximum absolute atomic E-state index is 13.8. The second-order valence-corrected chi connectivity index (χ2v) is 6.61. The molecule has 2 aromatic rings. The number of nitrogens with one attached hydrogen (secondary N) is 3. The first-order valence-electron chi connectivity index (χ1n) is 7.30. The Labute approximate surface area is 150 Å². The van der Waals surface area contributed by atoms with Gasteiger partial charge in [0, 0.05) is 10.2 Å². The van der Waals surface area contributed by atoms with Crippen LogP contribution in [0.25, 0.3) is 0 Å². The fraction of sp³-hybridized carbons (Fsp3) is 0.118. The number of amides is 4. The molecule has 1 aliphatic heterocycles. The Morgan fingerprint density at radius 3 is 2.64 bits per heavy atom. The molecular formula is C17H13BrFN3O3. The van der Waals surface area contributed by atoms with Crippen LogP contribution in [0.4, 0.5) is 14.9 Å². The Morgan fingerprint density at radius 2 is 1.96 bits per heavy atom. The van der Waals surface area contributed by atoms with E-state index in [4.69, 9.17) is 0 Å². The van der Waals surface area contributed by atoms with Crippen molar-refractivity contribution in [3.8, 4) is 0 Å². The third kappa shape index (κ3) is 3.25. The standard InChI is InChI=1S/C17H13BrFN3O3/c1-17(15(24)21-16(25)22-17)9-3-2-4-11(7-9)20-14(23)12-8-10(18)5-6-13(12)19/h2-8H,1H3,(H,20,23)(H2,21,22,24,25)/t17-/m0/s1. The molecule has 1 fully saturated rings. The summed E-state index contributed by atoms with van der Waals surface area (Å²) >= 11 is 3.19. The van der Waals surface area contributed by atoms with Crippen LogP contribution in [-0.4, -0.2) is 17.8 Å². The summed E-state index contributed by atoms with van der Waals surface area (Å²) in [6.45, 7) is 1.56. The molecule has 4 amide bonds. The molecule has 0 unspecified atom stereocenters. The Bertz CT molecular complexity index is 902. The molecule has 3 N–H and O–H groups in total. The third-order valence-electron chi connectivity index (χ3n) is 3.92. The average Bonchev–Trinajstić information content (AvgIpc) is 2.83. The molecule has 6 nitrogen and oxygen atoms in total. The maximum atomic E-state index is 13.8. The largest absolute Gasteiger partial charge is 0.322 e. The van der Waals surface area contributed by atoms with Gasteiger partial charge in [-0.1, -0.05) is 28.1 Å². The number of carbonyl (C=O) groups is 3. The molecule has 128 valence electrons. The first-order chi connectivity index (χ1) is 11.8. The molecule has 0 aliphatic carbocycles. The molecule has 1 atom stereocenters. The number of rotatable bonds is 3. The number of urea groups is 1. The maximum Gasteiger partial charge on any atom is 0.322 e. The summed E-state index contributed by atoms with van der Waals surface area (Å²) in [7, 11) is 0. The Morgan fingerprint density at radius 1 is 1.20 bits per heavy atom. The number of carbonyl (C=O) groups excluding carboxylic acids is 3. The van der Waals surface area contributed by atoms with Crippen LogP contribution in [0, 0.1) is 5.82 Å². The van der Waals surface area contributed by atoms with Crippen LogP contribution in [0.2, 0.25) is 0 Å². The predicted octanol–water partition coefficient (Wildman–Crippen LogP) is 2.90. The first-order valence-corrected chi connectivity index (χ1v) is 8.09. The first kappa shape index (κ1) is 17.1. The van der Waals surface area contributed by atoms with Gasteiger partial charge < -0.3 is 10.6 Å². The summed E-state index contributed by atoms with van der Waals surface area (Å²) < 4.78 is 14.4. The monoisotopic (exact) mass is 405 g/mol. The predicted molar refractivity (Wildman–Crippen MR) is 92.5 cm³/mol. The van der Waals surface area contributed by atoms with E-state index < -0.39 is 29.2 Å². The van der Waals surface area contributed by atoms with Gasteiger partial charge in [0.2, 0.25) is 0 Å². The van der Waals surface area contributed by atoms with Gasteiger partial charge in [0.1, 0.15) is 11.4 Å². The van der Waals surface area contributed by atoms with Crippen LogP contribution in [0.1, 0.15) is 22.8 Å². The van der Waals surface area contributed by atoms with Gasteiger partial charge in [-0.05, 0) is 42.8 Å². The van der Waals surface area contributed by atoms with Gasteiger partial charge >= 0.3 is 6.03 Å². The minimum atomic E-state index is -1.24. The molecule has 25 heavy (non-hydrogen) atoms. The second-order valence-electron chi connectivity index (χ2n) is 5.69. The smallest absolute Gasteiger partial charge is 0.322 e. The van der Waals surface area contributed by atoms with E-state index in [-0.39, 0.29) is 5.56 Å². The van der Waals surface area contributed by atoms with Gasteiger partial charge in [0.25, 0.3) is 11.8 Å². The van der Waals surface area contributed by atoms with E-state index in [0.717, 1.165) is 0 Å². The molecule has 0 bridgehead atoms. The molecular weight excluding hydrogens is 393 g/mol. The fourth-order valence-corrected chi connectivity index (χ4v) is 2.89. The summed E-state index contributed by atoms with van der Waals surface area (Å²) in [5, 5.41) is 7.31. The lowest BCUT2D eigenvalue weighted by molar-refractivity contribution is -0.123. The summed E-state index contributed by atoms with van der Waals surface area (Å²) in [6, 6.07) is 9.92. The number of benzene rings is 2. The lowest BCUT2D eigenvalue weighted by Gasteiger charge is -2.21. The van der Waals surface area contributed by atoms with Crippen molar-refractivity contribution in [2.75, 3.05) is 5.32 Å². The lowest BCUT2D eigenvalue weighted by Crippen LogP contribution is -2.40. The van der Waals surface area contributed by atoms with Crippen LogP contribution in [0.3, 0.4) is 0 Å². The van der Waals surface area contributed by atoms with Crippen molar-refractivity contribution in [3.63, 3.8) is 0 Å². The lowest BCUT2D eigenvalue weighted by atomic mass is 9.92. The van der Waals surface area contributed by atoms with Gasteiger partial charge in [0.05, 0.1) is 5.56 Å². The molecule has 0 spiro atoms. The SMILES string of the molecule is C[C@@]1(c2cccc(NC(=O)c3cc(Br)ccc3F)c2)NC(=O)NC1=O. The summed E-state index contributed by atoms with van der Waals surface area (Å²) in [5.74, 6) is -1.76. The summed E-state index contributed by atoms with van der Waals surface area (Å²) in [4.78, 5) is 35.7. The van der Waals surface area contributed by atoms with E-state index in [1.54, 1.807) is 31.2 Å². The molecule has 0 saturated carbocycles. The molecule has 0 radical (unpaired) electrons. The highest BCUT2D eigenvalue weighted by Gasteiger charge is 2.43. The molecule has 1 heterocycles. The van der Waals surface area contributed by atoms with Crippen molar-refractivity contribution in [2.24, 2.45) is 0 Å². The van der Waals surface area contributed by atoms with Crippen LogP contribution >= 0.6 is 15.9 Å². The molecule has 3 rings (SSSR count). The number of imide groups is 1. The molecule has 8 heteroatoms. The second kappa shape index (κ2) is 6.29. The molecule has 2 aromatic carbocycles. The quantitative estimate of drug-likeness (QED) is 0.686. The van der Waals surface area contributed by atoms with Crippen LogP contribution in [0.15, 0.2) is 46.9 Å². The van der Waals surface area contributed by atoms with Crippen molar-refractivity contribution in [3.05, 3.63) is 63.9 Å². The number of halogens is 2. The van der Waals surface area contributed by atoms with Gasteiger partial charge in [-0.2, -0.15) is 0 Å². The van der Waals surface area contributed by atoms with E-state index in [9.17, 15) is 18.8 Å². The van der Waals surface area contributed by atoms with E-state index in [1.807, 2.05) is 0 Å². The zero-order chi connectivity index (χ0) is 18.2. The average molecular weight is 406 g/mol. The normalized spacial score (nSPS) is 19.3. The molecule has 1 aliphatic rings. The third-order valence-corrected chi connectivity index (χ3v) is 4.41. The van der Waals surface area contributed by atoms with Gasteiger partial charge in [-0.25, -0.2) is 9.18 Å². The Balaban J connectivity index is 1.87. The van der Waals surface area contributed by atoms with Gasteiger partial charge in [-0.3, -0.25) is 14.9 Å². The molecule has 1 saturated heterocycles. The minimum absolute atomic E-state index is 0.113. The number of hydrogen-bond acceptors (Lipinski definition) is 3. The summed E-state index contributed by atoms with van der Waals surface area (Å²) in [6.07, 6.45) is 0. The minimum Gasteiger partial charge on any atom is -0.322 e. The van der Waals surface area contributed by atoms with Crippen LogP contribution < -0.4 is 16.0 Å². The highest BCUT2D eigenvalue weighted by molar-refractivity contribution is 9.10. The van der Waals surface area contributed by atoms with Crippen molar-refractivity contribution in [1.82, 2.24) is 10.6 Å². The van der Waals surface area contributed by atoms with Crippen LogP contribution in [0.5, 0.6) is 0 Å². The highest BCUT2D eigenvalue weighted by Crippen LogP contribution is 2.27. The number of anilines is 1. The van der Waals surface area contributed by atoms with Crippen molar-refractivity contribution >= 4 is 39.5 Å². The topological polar surface area (TPSA) is 87.3 Å². The fourth-order valence-electron chi connectivity index (χ4n) is 2.52. The van der Waals surface area contributed by atoms with E-state index in [1.165, 1.54) is 18.2 Å². The highest BCUT2D eigenvalue weighted by atomic mass is 79.9. The van der Waals surface area contributed by atoms with E-state index in [0.29, 0.717) is 15.7 Å². The van der Waals surface area contributed by atoms with Crippen molar-refractivity contribution in [1.29, 1.82) is 0 Å². The Hall–Kier alpha value is -2.74. The van der Waals surface area contributed by atoms with Crippen molar-refractivity contribution < 1.29 is 18.8 Å². The summed E-state index contributed by atoms with van der Waals surface area (Å²) in [5.41, 5.74) is -0.489. The van der Waals surface area contributed by atoms with Crippen LogP contribution in [-0.2, 0) is 10.3 Å². The van der Waals surface area contributed by atoms with Gasteiger partial charge in [-0.15, -0.1) is 0 Å².